The number of nitrogens with one attached hydrogen (secondary N) is 1. The molecule has 0 aliphatic carbocycles. The van der Waals surface area contributed by atoms with Crippen molar-refractivity contribution in [2.75, 3.05) is 19.5 Å². The Labute approximate surface area is 124 Å². The Kier molecular flexibility index (Phi) is 6.52. The first kappa shape index (κ1) is 16.8. The van der Waals surface area contributed by atoms with E-state index in [1.54, 1.807) is 12.1 Å². The Morgan fingerprint density at radius 1 is 1.29 bits per heavy atom. The number of esters is 1. The molecule has 6 nitrogen and oxygen atoms in total. The number of hydrogen-bond acceptors (Lipinski definition) is 5. The van der Waals surface area contributed by atoms with Gasteiger partial charge in [-0.15, -0.1) is 0 Å². The lowest BCUT2D eigenvalue weighted by Gasteiger charge is -2.15. The van der Waals surface area contributed by atoms with E-state index in [1.165, 1.54) is 13.2 Å². The molecule has 0 atom stereocenters. The van der Waals surface area contributed by atoms with Crippen LogP contribution in [0.15, 0.2) is 18.2 Å². The van der Waals surface area contributed by atoms with Crippen LogP contribution in [-0.4, -0.2) is 31.6 Å². The number of nitrogen functional groups attached to an aromatic ring is 1. The molecule has 0 saturated heterocycles. The fraction of sp³-hybridized carbons (Fsp3) is 0.467. The molecular formula is C15H22N2O4. The second-order valence-corrected chi connectivity index (χ2v) is 4.62. The topological polar surface area (TPSA) is 90.7 Å². The maximum absolute atomic E-state index is 12.0. The fourth-order valence-corrected chi connectivity index (χ4v) is 1.86. The van der Waals surface area contributed by atoms with Crippen LogP contribution in [0.25, 0.3) is 0 Å². The number of carbonyl (C=O) groups excluding carboxylic acids is 2. The first-order chi connectivity index (χ1) is 10.0. The average molecular weight is 294 g/mol. The van der Waals surface area contributed by atoms with Crippen LogP contribution in [0.5, 0.6) is 5.75 Å². The summed E-state index contributed by atoms with van der Waals surface area (Å²) in [4.78, 5) is 23.7. The van der Waals surface area contributed by atoms with E-state index in [1.807, 2.05) is 13.8 Å². The molecule has 6 heteroatoms. The van der Waals surface area contributed by atoms with Crippen LogP contribution in [0.2, 0.25) is 0 Å². The second kappa shape index (κ2) is 8.14. The number of hydrogen-bond donors (Lipinski definition) is 2. The van der Waals surface area contributed by atoms with Crippen molar-refractivity contribution in [2.45, 2.75) is 32.7 Å². The molecule has 3 N–H and O–H groups in total. The molecule has 1 rings (SSSR count). The van der Waals surface area contributed by atoms with Crippen molar-refractivity contribution in [2.24, 2.45) is 0 Å². The largest absolute Gasteiger partial charge is 0.496 e. The van der Waals surface area contributed by atoms with Gasteiger partial charge >= 0.3 is 5.97 Å². The number of ether oxygens (including phenoxy) is 2. The van der Waals surface area contributed by atoms with Crippen molar-refractivity contribution in [3.63, 3.8) is 0 Å². The summed E-state index contributed by atoms with van der Waals surface area (Å²) in [6.07, 6.45) is 1.67. The molecule has 0 aromatic heterocycles. The van der Waals surface area contributed by atoms with Crippen LogP contribution in [0.3, 0.4) is 0 Å². The Balaban J connectivity index is 2.62. The summed E-state index contributed by atoms with van der Waals surface area (Å²) in [7, 11) is 1.45. The van der Waals surface area contributed by atoms with E-state index in [0.29, 0.717) is 11.4 Å². The van der Waals surface area contributed by atoms with Gasteiger partial charge in [-0.05, 0) is 31.0 Å². The number of benzene rings is 1. The maximum Gasteiger partial charge on any atom is 0.342 e. The van der Waals surface area contributed by atoms with Gasteiger partial charge < -0.3 is 20.5 Å². The number of rotatable bonds is 7. The van der Waals surface area contributed by atoms with Gasteiger partial charge in [0.25, 0.3) is 5.91 Å². The SMILES string of the molecule is CCC(CC)NC(=O)COC(=O)c1cc(N)ccc1OC. The quantitative estimate of drug-likeness (QED) is 0.590. The highest BCUT2D eigenvalue weighted by molar-refractivity contribution is 5.95. The van der Waals surface area contributed by atoms with E-state index in [4.69, 9.17) is 15.2 Å². The lowest BCUT2D eigenvalue weighted by Crippen LogP contribution is -2.36. The predicted molar refractivity (Wildman–Crippen MR) is 80.2 cm³/mol. The highest BCUT2D eigenvalue weighted by Crippen LogP contribution is 2.21. The molecule has 0 saturated carbocycles. The average Bonchev–Trinajstić information content (AvgIpc) is 2.50. The zero-order valence-corrected chi connectivity index (χ0v) is 12.6. The van der Waals surface area contributed by atoms with E-state index < -0.39 is 5.97 Å². The van der Waals surface area contributed by atoms with Crippen molar-refractivity contribution < 1.29 is 19.1 Å². The van der Waals surface area contributed by atoms with Gasteiger partial charge in [0.1, 0.15) is 11.3 Å². The van der Waals surface area contributed by atoms with Crippen LogP contribution in [0.1, 0.15) is 37.0 Å². The number of nitrogens with two attached hydrogens (primary N) is 1. The maximum atomic E-state index is 12.0. The predicted octanol–water partition coefficient (Wildman–Crippen LogP) is 1.74. The molecule has 1 aromatic carbocycles. The number of carbonyl (C=O) groups is 2. The summed E-state index contributed by atoms with van der Waals surface area (Å²) in [5.74, 6) is -0.603. The lowest BCUT2D eigenvalue weighted by atomic mass is 10.2. The lowest BCUT2D eigenvalue weighted by molar-refractivity contribution is -0.125. The highest BCUT2D eigenvalue weighted by Gasteiger charge is 2.16. The van der Waals surface area contributed by atoms with Crippen molar-refractivity contribution in [1.29, 1.82) is 0 Å². The summed E-state index contributed by atoms with van der Waals surface area (Å²) in [5.41, 5.74) is 6.26. The Morgan fingerprint density at radius 3 is 2.52 bits per heavy atom. The third kappa shape index (κ3) is 4.98. The summed E-state index contributed by atoms with van der Waals surface area (Å²) in [6.45, 7) is 3.64. The molecule has 0 unspecified atom stereocenters. The van der Waals surface area contributed by atoms with Gasteiger partial charge in [0.05, 0.1) is 7.11 Å². The van der Waals surface area contributed by atoms with Gasteiger partial charge in [-0.1, -0.05) is 13.8 Å². The van der Waals surface area contributed by atoms with Gasteiger partial charge in [-0.2, -0.15) is 0 Å². The third-order valence-electron chi connectivity index (χ3n) is 3.13. The van der Waals surface area contributed by atoms with Crippen molar-refractivity contribution in [3.8, 4) is 5.75 Å². The van der Waals surface area contributed by atoms with Gasteiger partial charge in [-0.25, -0.2) is 4.79 Å². The molecule has 0 radical (unpaired) electrons. The molecule has 1 aromatic rings. The van der Waals surface area contributed by atoms with Gasteiger partial charge in [0.2, 0.25) is 0 Å². The summed E-state index contributed by atoms with van der Waals surface area (Å²) in [5, 5.41) is 2.79. The molecule has 0 aliphatic rings. The van der Waals surface area contributed by atoms with Crippen molar-refractivity contribution >= 4 is 17.6 Å². The number of amides is 1. The van der Waals surface area contributed by atoms with Crippen molar-refractivity contribution in [3.05, 3.63) is 23.8 Å². The molecule has 1 amide bonds. The molecule has 21 heavy (non-hydrogen) atoms. The van der Waals surface area contributed by atoms with Crippen molar-refractivity contribution in [1.82, 2.24) is 5.32 Å². The van der Waals surface area contributed by atoms with E-state index in [0.717, 1.165) is 12.8 Å². The van der Waals surface area contributed by atoms with Crippen LogP contribution in [0.4, 0.5) is 5.69 Å². The van der Waals surface area contributed by atoms with Crippen LogP contribution < -0.4 is 15.8 Å². The third-order valence-corrected chi connectivity index (χ3v) is 3.13. The van der Waals surface area contributed by atoms with Crippen LogP contribution in [-0.2, 0) is 9.53 Å². The molecule has 0 heterocycles. The second-order valence-electron chi connectivity index (χ2n) is 4.62. The summed E-state index contributed by atoms with van der Waals surface area (Å²) >= 11 is 0. The van der Waals surface area contributed by atoms with Gasteiger partial charge in [0.15, 0.2) is 6.61 Å². The molecule has 116 valence electrons. The molecule has 0 aliphatic heterocycles. The minimum Gasteiger partial charge on any atom is -0.496 e. The first-order valence-corrected chi connectivity index (χ1v) is 6.91. The number of methoxy groups -OCH3 is 1. The standard InChI is InChI=1S/C15H22N2O4/c1-4-11(5-2)17-14(18)9-21-15(19)12-8-10(16)6-7-13(12)20-3/h6-8,11H,4-5,9,16H2,1-3H3,(H,17,18). The summed E-state index contributed by atoms with van der Waals surface area (Å²) < 4.78 is 10.1. The normalized spacial score (nSPS) is 10.3. The molecule has 0 fully saturated rings. The van der Waals surface area contributed by atoms with Crippen LogP contribution >= 0.6 is 0 Å². The first-order valence-electron chi connectivity index (χ1n) is 6.91. The minimum absolute atomic E-state index is 0.0955. The minimum atomic E-state index is -0.640. The number of anilines is 1. The Bertz CT molecular complexity index is 498. The van der Waals surface area contributed by atoms with E-state index in [9.17, 15) is 9.59 Å². The van der Waals surface area contributed by atoms with E-state index in [-0.39, 0.29) is 24.1 Å². The van der Waals surface area contributed by atoms with Gasteiger partial charge in [0, 0.05) is 11.7 Å². The smallest absolute Gasteiger partial charge is 0.342 e. The zero-order chi connectivity index (χ0) is 15.8. The Morgan fingerprint density at radius 2 is 1.95 bits per heavy atom. The van der Waals surface area contributed by atoms with E-state index in [2.05, 4.69) is 5.32 Å². The Hall–Kier alpha value is -2.24. The molecule has 0 bridgehead atoms. The van der Waals surface area contributed by atoms with Crippen LogP contribution in [0, 0.1) is 0 Å². The molecular weight excluding hydrogens is 272 g/mol. The fourth-order valence-electron chi connectivity index (χ4n) is 1.86. The van der Waals surface area contributed by atoms with E-state index >= 15 is 0 Å². The summed E-state index contributed by atoms with van der Waals surface area (Å²) in [6, 6.07) is 4.75. The monoisotopic (exact) mass is 294 g/mol. The highest BCUT2D eigenvalue weighted by atomic mass is 16.5. The zero-order valence-electron chi connectivity index (χ0n) is 12.6. The molecule has 0 spiro atoms. The van der Waals surface area contributed by atoms with Gasteiger partial charge in [-0.3, -0.25) is 4.79 Å².